The molecule has 0 bridgehead atoms. The van der Waals surface area contributed by atoms with Gasteiger partial charge in [-0.3, -0.25) is 0 Å². The number of aromatic nitrogens is 1. The van der Waals surface area contributed by atoms with Crippen molar-refractivity contribution in [3.8, 4) is 0 Å². The van der Waals surface area contributed by atoms with Crippen LogP contribution in [0.3, 0.4) is 0 Å². The van der Waals surface area contributed by atoms with Gasteiger partial charge >= 0.3 is 0 Å². The number of anilines is 1. The highest BCUT2D eigenvalue weighted by molar-refractivity contribution is 7.91. The van der Waals surface area contributed by atoms with Crippen molar-refractivity contribution in [1.29, 1.82) is 0 Å². The summed E-state index contributed by atoms with van der Waals surface area (Å²) in [4.78, 5) is 6.67. The molecule has 1 aromatic carbocycles. The van der Waals surface area contributed by atoms with Crippen molar-refractivity contribution in [2.24, 2.45) is 0 Å². The molecule has 3 rings (SSSR count). The lowest BCUT2D eigenvalue weighted by atomic mass is 10.1. The highest BCUT2D eigenvalue weighted by Gasteiger charge is 2.22. The van der Waals surface area contributed by atoms with Crippen LogP contribution in [0.1, 0.15) is 5.56 Å². The van der Waals surface area contributed by atoms with Gasteiger partial charge in [0.2, 0.25) is 0 Å². The van der Waals surface area contributed by atoms with Crippen molar-refractivity contribution in [1.82, 2.24) is 4.98 Å². The summed E-state index contributed by atoms with van der Waals surface area (Å²) >= 11 is 6.17. The maximum absolute atomic E-state index is 11.5. The van der Waals surface area contributed by atoms with Crippen LogP contribution in [0.25, 0.3) is 10.9 Å². The standard InChI is InChI=1S/C14H15ClN2O2S/c1-10-2-4-12(15)11-3-5-13(16-14(10)11)17-6-8-20(18,19)9-7-17/h2-5H,6-9H2,1H3. The quantitative estimate of drug-likeness (QED) is 0.812. The fourth-order valence-electron chi connectivity index (χ4n) is 2.43. The number of pyridine rings is 1. The molecule has 20 heavy (non-hydrogen) atoms. The van der Waals surface area contributed by atoms with Crippen LogP contribution in [0.15, 0.2) is 24.3 Å². The Kier molecular flexibility index (Phi) is 3.34. The average Bonchev–Trinajstić information content (AvgIpc) is 2.43. The highest BCUT2D eigenvalue weighted by Crippen LogP contribution is 2.27. The molecule has 1 saturated heterocycles. The van der Waals surface area contributed by atoms with Gasteiger partial charge in [-0.1, -0.05) is 17.7 Å². The van der Waals surface area contributed by atoms with E-state index < -0.39 is 9.84 Å². The number of rotatable bonds is 1. The first-order chi connectivity index (χ1) is 9.46. The summed E-state index contributed by atoms with van der Waals surface area (Å²) in [5, 5.41) is 1.62. The van der Waals surface area contributed by atoms with E-state index in [-0.39, 0.29) is 11.5 Å². The van der Waals surface area contributed by atoms with Crippen LogP contribution in [0.2, 0.25) is 5.02 Å². The molecule has 2 aromatic rings. The Hall–Kier alpha value is -1.33. The molecular weight excluding hydrogens is 296 g/mol. The third kappa shape index (κ3) is 2.47. The minimum atomic E-state index is -2.87. The Morgan fingerprint density at radius 2 is 1.85 bits per heavy atom. The molecule has 0 unspecified atom stereocenters. The van der Waals surface area contributed by atoms with E-state index in [9.17, 15) is 8.42 Å². The van der Waals surface area contributed by atoms with Gasteiger partial charge in [0.05, 0.1) is 17.0 Å². The summed E-state index contributed by atoms with van der Waals surface area (Å²) < 4.78 is 22.9. The first-order valence-electron chi connectivity index (χ1n) is 6.47. The number of hydrogen-bond donors (Lipinski definition) is 0. The Bertz CT molecular complexity index is 760. The SMILES string of the molecule is Cc1ccc(Cl)c2ccc(N3CCS(=O)(=O)CC3)nc12. The molecule has 0 radical (unpaired) electrons. The predicted molar refractivity (Wildman–Crippen MR) is 82.4 cm³/mol. The summed E-state index contributed by atoms with van der Waals surface area (Å²) in [6.45, 7) is 3.00. The molecule has 1 aliphatic rings. The zero-order valence-corrected chi connectivity index (χ0v) is 12.7. The molecule has 0 saturated carbocycles. The second-order valence-electron chi connectivity index (χ2n) is 5.07. The van der Waals surface area contributed by atoms with E-state index in [1.54, 1.807) is 0 Å². The number of fused-ring (bicyclic) bond motifs is 1. The van der Waals surface area contributed by atoms with Crippen LogP contribution >= 0.6 is 11.6 Å². The first kappa shape index (κ1) is 13.6. The third-order valence-electron chi connectivity index (χ3n) is 3.66. The van der Waals surface area contributed by atoms with Crippen molar-refractivity contribution in [2.75, 3.05) is 29.5 Å². The van der Waals surface area contributed by atoms with E-state index in [0.29, 0.717) is 18.1 Å². The summed E-state index contributed by atoms with van der Waals surface area (Å²) in [7, 11) is -2.87. The van der Waals surface area contributed by atoms with Crippen molar-refractivity contribution in [3.05, 3.63) is 34.9 Å². The molecule has 6 heteroatoms. The maximum atomic E-state index is 11.5. The monoisotopic (exact) mass is 310 g/mol. The number of hydrogen-bond acceptors (Lipinski definition) is 4. The molecule has 0 N–H and O–H groups in total. The molecule has 1 fully saturated rings. The largest absolute Gasteiger partial charge is 0.355 e. The van der Waals surface area contributed by atoms with Crippen LogP contribution in [0.4, 0.5) is 5.82 Å². The van der Waals surface area contributed by atoms with Crippen molar-refractivity contribution < 1.29 is 8.42 Å². The van der Waals surface area contributed by atoms with E-state index in [4.69, 9.17) is 11.6 Å². The van der Waals surface area contributed by atoms with Crippen LogP contribution in [-0.4, -0.2) is 38.0 Å². The maximum Gasteiger partial charge on any atom is 0.153 e. The average molecular weight is 311 g/mol. The molecule has 1 aliphatic heterocycles. The van der Waals surface area contributed by atoms with E-state index in [1.807, 2.05) is 36.1 Å². The summed E-state index contributed by atoms with van der Waals surface area (Å²) in [5.41, 5.74) is 1.94. The van der Waals surface area contributed by atoms with Gasteiger partial charge in [0.1, 0.15) is 5.82 Å². The van der Waals surface area contributed by atoms with Crippen molar-refractivity contribution in [2.45, 2.75) is 6.92 Å². The smallest absolute Gasteiger partial charge is 0.153 e. The van der Waals surface area contributed by atoms with Gasteiger partial charge in [-0.25, -0.2) is 13.4 Å². The first-order valence-corrected chi connectivity index (χ1v) is 8.67. The molecule has 0 aliphatic carbocycles. The minimum absolute atomic E-state index is 0.196. The second-order valence-corrected chi connectivity index (χ2v) is 7.78. The van der Waals surface area contributed by atoms with Gasteiger partial charge in [-0.2, -0.15) is 0 Å². The van der Waals surface area contributed by atoms with Crippen molar-refractivity contribution >= 4 is 38.2 Å². The third-order valence-corrected chi connectivity index (χ3v) is 5.60. The van der Waals surface area contributed by atoms with E-state index >= 15 is 0 Å². The van der Waals surface area contributed by atoms with Gasteiger partial charge in [-0.05, 0) is 30.7 Å². The number of halogens is 1. The van der Waals surface area contributed by atoms with Gasteiger partial charge in [0.15, 0.2) is 9.84 Å². The highest BCUT2D eigenvalue weighted by atomic mass is 35.5. The van der Waals surface area contributed by atoms with Crippen molar-refractivity contribution in [3.63, 3.8) is 0 Å². The van der Waals surface area contributed by atoms with Crippen LogP contribution in [0, 0.1) is 6.92 Å². The number of nitrogens with zero attached hydrogens (tertiary/aromatic N) is 2. The Balaban J connectivity index is 2.00. The molecule has 4 nitrogen and oxygen atoms in total. The summed E-state index contributed by atoms with van der Waals surface area (Å²) in [6, 6.07) is 7.68. The fraction of sp³-hybridized carbons (Fsp3) is 0.357. The lowest BCUT2D eigenvalue weighted by Crippen LogP contribution is -2.40. The van der Waals surface area contributed by atoms with Gasteiger partial charge in [0.25, 0.3) is 0 Å². The summed E-state index contributed by atoms with van der Waals surface area (Å²) in [5.74, 6) is 1.21. The van der Waals surface area contributed by atoms with Gasteiger partial charge in [-0.15, -0.1) is 0 Å². The number of aryl methyl sites for hydroxylation is 1. The molecule has 1 aromatic heterocycles. The second kappa shape index (κ2) is 4.90. The van der Waals surface area contributed by atoms with E-state index in [1.165, 1.54) is 0 Å². The molecule has 0 atom stereocenters. The van der Waals surface area contributed by atoms with E-state index in [2.05, 4.69) is 4.98 Å². The van der Waals surface area contributed by atoms with Crippen LogP contribution in [-0.2, 0) is 9.84 Å². The lowest BCUT2D eigenvalue weighted by Gasteiger charge is -2.28. The molecular formula is C14H15ClN2O2S. The fourth-order valence-corrected chi connectivity index (χ4v) is 3.84. The van der Waals surface area contributed by atoms with Crippen LogP contribution < -0.4 is 4.90 Å². The zero-order chi connectivity index (χ0) is 14.3. The molecule has 2 heterocycles. The predicted octanol–water partition coefficient (Wildman–Crippen LogP) is 2.43. The van der Waals surface area contributed by atoms with Crippen LogP contribution in [0.5, 0.6) is 0 Å². The number of benzene rings is 1. The molecule has 106 valence electrons. The topological polar surface area (TPSA) is 50.3 Å². The Morgan fingerprint density at radius 1 is 1.15 bits per heavy atom. The minimum Gasteiger partial charge on any atom is -0.355 e. The lowest BCUT2D eigenvalue weighted by molar-refractivity contribution is 0.586. The van der Waals surface area contributed by atoms with Gasteiger partial charge in [0, 0.05) is 23.5 Å². The Morgan fingerprint density at radius 3 is 2.55 bits per heavy atom. The summed E-state index contributed by atoms with van der Waals surface area (Å²) in [6.07, 6.45) is 0. The molecule has 0 amide bonds. The normalized spacial score (nSPS) is 18.4. The van der Waals surface area contributed by atoms with E-state index in [0.717, 1.165) is 22.3 Å². The van der Waals surface area contributed by atoms with Gasteiger partial charge < -0.3 is 4.90 Å². The zero-order valence-electron chi connectivity index (χ0n) is 11.1. The Labute approximate surface area is 123 Å². The molecule has 0 spiro atoms. The number of sulfone groups is 1.